The van der Waals surface area contributed by atoms with Crippen LogP contribution in [0.2, 0.25) is 0 Å². The lowest BCUT2D eigenvalue weighted by Gasteiger charge is -2.41. The van der Waals surface area contributed by atoms with Gasteiger partial charge < -0.3 is 19.5 Å². The first kappa shape index (κ1) is 15.6. The Kier molecular flexibility index (Phi) is 6.42. The van der Waals surface area contributed by atoms with Gasteiger partial charge in [-0.2, -0.15) is 11.8 Å². The van der Waals surface area contributed by atoms with Crippen molar-refractivity contribution in [3.8, 4) is 0 Å². The maximum atomic E-state index is 5.88. The Hall–Kier alpha value is 0.190. The second kappa shape index (κ2) is 7.84. The van der Waals surface area contributed by atoms with E-state index >= 15 is 0 Å². The first-order chi connectivity index (χ1) is 9.29. The molecule has 5 heteroatoms. The van der Waals surface area contributed by atoms with Crippen LogP contribution in [0.4, 0.5) is 0 Å². The molecule has 0 radical (unpaired) electrons. The average molecular weight is 289 g/mol. The number of rotatable bonds is 7. The van der Waals surface area contributed by atoms with Gasteiger partial charge in [0.05, 0.1) is 19.8 Å². The van der Waals surface area contributed by atoms with Crippen molar-refractivity contribution in [3.63, 3.8) is 0 Å². The van der Waals surface area contributed by atoms with Crippen LogP contribution < -0.4 is 5.32 Å². The van der Waals surface area contributed by atoms with Gasteiger partial charge in [0, 0.05) is 37.0 Å². The zero-order chi connectivity index (χ0) is 13.6. The monoisotopic (exact) mass is 289 g/mol. The molecule has 1 aliphatic carbocycles. The summed E-state index contributed by atoms with van der Waals surface area (Å²) in [7, 11) is 1.76. The maximum Gasteiger partial charge on any atom is 0.169 e. The van der Waals surface area contributed by atoms with Gasteiger partial charge in [-0.05, 0) is 19.4 Å². The van der Waals surface area contributed by atoms with Crippen molar-refractivity contribution in [3.05, 3.63) is 0 Å². The summed E-state index contributed by atoms with van der Waals surface area (Å²) in [6, 6.07) is 0.584. The van der Waals surface area contributed by atoms with Gasteiger partial charge in [0.2, 0.25) is 0 Å². The third-order valence-electron chi connectivity index (χ3n) is 3.89. The first-order valence-corrected chi connectivity index (χ1v) is 8.46. The standard InChI is InChI=1S/C14H27NO3S/c1-3-6-15-12-4-5-14(17-7-8-18-14)11-13(12)19-10-9-16-2/h12-13,15H,3-11H2,1-2H3. The molecule has 0 aromatic rings. The highest BCUT2D eigenvalue weighted by atomic mass is 32.2. The van der Waals surface area contributed by atoms with Crippen molar-refractivity contribution in [1.29, 1.82) is 0 Å². The molecular formula is C14H27NO3S. The summed E-state index contributed by atoms with van der Waals surface area (Å²) in [6.07, 6.45) is 4.35. The Morgan fingerprint density at radius 2 is 2.16 bits per heavy atom. The Morgan fingerprint density at radius 3 is 2.84 bits per heavy atom. The van der Waals surface area contributed by atoms with Gasteiger partial charge in [0.15, 0.2) is 5.79 Å². The normalized spacial score (nSPS) is 30.0. The van der Waals surface area contributed by atoms with E-state index in [4.69, 9.17) is 14.2 Å². The molecular weight excluding hydrogens is 262 g/mol. The molecule has 1 N–H and O–H groups in total. The van der Waals surface area contributed by atoms with Crippen LogP contribution in [0.5, 0.6) is 0 Å². The SMILES string of the molecule is CCCNC1CCC2(CC1SCCOC)OCCO2. The fourth-order valence-corrected chi connectivity index (χ4v) is 4.29. The van der Waals surface area contributed by atoms with E-state index in [9.17, 15) is 0 Å². The van der Waals surface area contributed by atoms with E-state index in [2.05, 4.69) is 12.2 Å². The van der Waals surface area contributed by atoms with E-state index in [0.717, 1.165) is 51.4 Å². The van der Waals surface area contributed by atoms with Crippen LogP contribution in [0.1, 0.15) is 32.6 Å². The van der Waals surface area contributed by atoms with Crippen LogP contribution in [-0.4, -0.2) is 56.3 Å². The molecule has 1 spiro atoms. The van der Waals surface area contributed by atoms with Crippen LogP contribution in [0.3, 0.4) is 0 Å². The molecule has 4 nitrogen and oxygen atoms in total. The lowest BCUT2D eigenvalue weighted by molar-refractivity contribution is -0.178. The minimum Gasteiger partial charge on any atom is -0.384 e. The zero-order valence-electron chi connectivity index (χ0n) is 12.2. The number of hydrogen-bond donors (Lipinski definition) is 1. The Bertz CT molecular complexity index is 259. The third kappa shape index (κ3) is 4.33. The summed E-state index contributed by atoms with van der Waals surface area (Å²) in [6.45, 7) is 5.63. The Balaban J connectivity index is 1.88. The largest absolute Gasteiger partial charge is 0.384 e. The summed E-state index contributed by atoms with van der Waals surface area (Å²) >= 11 is 1.99. The van der Waals surface area contributed by atoms with Crippen molar-refractivity contribution in [2.75, 3.05) is 39.2 Å². The second-order valence-electron chi connectivity index (χ2n) is 5.31. The molecule has 1 saturated heterocycles. The van der Waals surface area contributed by atoms with E-state index in [0.29, 0.717) is 11.3 Å². The molecule has 2 atom stereocenters. The minimum atomic E-state index is -0.283. The Labute approximate surface area is 120 Å². The van der Waals surface area contributed by atoms with E-state index in [-0.39, 0.29) is 5.79 Å². The molecule has 2 rings (SSSR count). The van der Waals surface area contributed by atoms with Gasteiger partial charge in [-0.15, -0.1) is 0 Å². The van der Waals surface area contributed by atoms with Crippen molar-refractivity contribution in [2.45, 2.75) is 49.7 Å². The molecule has 1 saturated carbocycles. The van der Waals surface area contributed by atoms with Crippen molar-refractivity contribution < 1.29 is 14.2 Å². The topological polar surface area (TPSA) is 39.7 Å². The van der Waals surface area contributed by atoms with Crippen LogP contribution in [0.15, 0.2) is 0 Å². The fourth-order valence-electron chi connectivity index (χ4n) is 2.89. The van der Waals surface area contributed by atoms with Gasteiger partial charge in [-0.3, -0.25) is 0 Å². The van der Waals surface area contributed by atoms with Gasteiger partial charge in [0.25, 0.3) is 0 Å². The van der Waals surface area contributed by atoms with Crippen molar-refractivity contribution in [2.24, 2.45) is 0 Å². The minimum absolute atomic E-state index is 0.283. The highest BCUT2D eigenvalue weighted by Gasteiger charge is 2.44. The molecule has 1 aliphatic heterocycles. The number of hydrogen-bond acceptors (Lipinski definition) is 5. The zero-order valence-corrected chi connectivity index (χ0v) is 13.0. The fraction of sp³-hybridized carbons (Fsp3) is 1.00. The van der Waals surface area contributed by atoms with Crippen LogP contribution in [-0.2, 0) is 14.2 Å². The molecule has 19 heavy (non-hydrogen) atoms. The highest BCUT2D eigenvalue weighted by molar-refractivity contribution is 8.00. The van der Waals surface area contributed by atoms with Crippen molar-refractivity contribution >= 4 is 11.8 Å². The molecule has 0 aromatic heterocycles. The number of nitrogens with one attached hydrogen (secondary N) is 1. The van der Waals surface area contributed by atoms with Crippen LogP contribution >= 0.6 is 11.8 Å². The molecule has 2 aliphatic rings. The lowest BCUT2D eigenvalue weighted by Crippen LogP contribution is -2.50. The highest BCUT2D eigenvalue weighted by Crippen LogP contribution is 2.40. The summed E-state index contributed by atoms with van der Waals surface area (Å²) < 4.78 is 16.9. The number of ether oxygens (including phenoxy) is 3. The van der Waals surface area contributed by atoms with Gasteiger partial charge >= 0.3 is 0 Å². The molecule has 0 aromatic carbocycles. The second-order valence-corrected chi connectivity index (χ2v) is 6.66. The van der Waals surface area contributed by atoms with E-state index in [1.165, 1.54) is 6.42 Å². The summed E-state index contributed by atoms with van der Waals surface area (Å²) in [5.41, 5.74) is 0. The molecule has 0 bridgehead atoms. The lowest BCUT2D eigenvalue weighted by atomic mass is 9.89. The summed E-state index contributed by atoms with van der Waals surface area (Å²) in [4.78, 5) is 0. The molecule has 112 valence electrons. The predicted molar refractivity (Wildman–Crippen MR) is 78.7 cm³/mol. The molecule has 0 amide bonds. The van der Waals surface area contributed by atoms with Crippen LogP contribution in [0.25, 0.3) is 0 Å². The van der Waals surface area contributed by atoms with E-state index in [1.54, 1.807) is 7.11 Å². The van der Waals surface area contributed by atoms with Gasteiger partial charge in [-0.1, -0.05) is 6.92 Å². The quantitative estimate of drug-likeness (QED) is 0.726. The van der Waals surface area contributed by atoms with Gasteiger partial charge in [0.1, 0.15) is 0 Å². The average Bonchev–Trinajstić information content (AvgIpc) is 2.87. The number of thioether (sulfide) groups is 1. The van der Waals surface area contributed by atoms with E-state index < -0.39 is 0 Å². The van der Waals surface area contributed by atoms with Gasteiger partial charge in [-0.25, -0.2) is 0 Å². The smallest absolute Gasteiger partial charge is 0.169 e. The van der Waals surface area contributed by atoms with Crippen molar-refractivity contribution in [1.82, 2.24) is 5.32 Å². The molecule has 1 heterocycles. The molecule has 2 fully saturated rings. The summed E-state index contributed by atoms with van der Waals surface area (Å²) in [5, 5.41) is 4.25. The molecule has 2 unspecified atom stereocenters. The van der Waals surface area contributed by atoms with Crippen LogP contribution in [0, 0.1) is 0 Å². The van der Waals surface area contributed by atoms with E-state index in [1.807, 2.05) is 11.8 Å². The predicted octanol–water partition coefficient (Wildman–Crippen LogP) is 2.03. The third-order valence-corrected chi connectivity index (χ3v) is 5.21. The maximum absolute atomic E-state index is 5.88. The first-order valence-electron chi connectivity index (χ1n) is 7.41. The Morgan fingerprint density at radius 1 is 1.37 bits per heavy atom. The summed E-state index contributed by atoms with van der Waals surface area (Å²) in [5.74, 6) is 0.761. The number of methoxy groups -OCH3 is 1.